The Labute approximate surface area is 111 Å². The van der Waals surface area contributed by atoms with Crippen LogP contribution in [0.5, 0.6) is 0 Å². The predicted octanol–water partition coefficient (Wildman–Crippen LogP) is 3.24. The van der Waals surface area contributed by atoms with Crippen molar-refractivity contribution in [3.63, 3.8) is 0 Å². The van der Waals surface area contributed by atoms with Gasteiger partial charge in [0.2, 0.25) is 0 Å². The fourth-order valence-corrected chi connectivity index (χ4v) is 1.77. The van der Waals surface area contributed by atoms with Gasteiger partial charge in [0.05, 0.1) is 32.5 Å². The minimum atomic E-state index is 0.180. The van der Waals surface area contributed by atoms with E-state index in [0.717, 1.165) is 6.42 Å². The van der Waals surface area contributed by atoms with E-state index in [4.69, 9.17) is 25.8 Å². The Hall–Kier alpha value is 0.170. The fraction of sp³-hybridized carbons (Fsp3) is 1.00. The first-order valence-corrected chi connectivity index (χ1v) is 7.12. The van der Waals surface area contributed by atoms with Crippen LogP contribution in [0, 0.1) is 0 Å². The maximum Gasteiger partial charge on any atom is 0.0711 e. The molecule has 0 saturated heterocycles. The number of alkyl halides is 1. The molecule has 0 aromatic rings. The lowest BCUT2D eigenvalue weighted by Crippen LogP contribution is -2.18. The fourth-order valence-electron chi connectivity index (χ4n) is 1.52. The van der Waals surface area contributed by atoms with Gasteiger partial charge in [0.1, 0.15) is 0 Å². The summed E-state index contributed by atoms with van der Waals surface area (Å²) in [6.07, 6.45) is 6.28. The van der Waals surface area contributed by atoms with Crippen molar-refractivity contribution in [3.05, 3.63) is 0 Å². The first kappa shape index (κ1) is 17.2. The van der Waals surface area contributed by atoms with Crippen molar-refractivity contribution in [2.24, 2.45) is 0 Å². The smallest absolute Gasteiger partial charge is 0.0711 e. The molecule has 0 aromatic heterocycles. The van der Waals surface area contributed by atoms with E-state index in [2.05, 4.69) is 6.92 Å². The molecule has 0 spiro atoms. The van der Waals surface area contributed by atoms with E-state index in [1.807, 2.05) is 0 Å². The minimum Gasteiger partial charge on any atom is -0.382 e. The summed E-state index contributed by atoms with van der Waals surface area (Å²) in [5.41, 5.74) is 0. The third-order valence-electron chi connectivity index (χ3n) is 2.56. The van der Waals surface area contributed by atoms with E-state index in [0.29, 0.717) is 32.3 Å². The molecule has 0 heterocycles. The predicted molar refractivity (Wildman–Crippen MR) is 71.9 cm³/mol. The largest absolute Gasteiger partial charge is 0.382 e. The summed E-state index contributed by atoms with van der Waals surface area (Å²) in [6.45, 7) is 4.71. The first-order valence-electron chi connectivity index (χ1n) is 6.59. The van der Waals surface area contributed by atoms with Gasteiger partial charge in [-0.2, -0.15) is 0 Å². The van der Waals surface area contributed by atoms with Crippen LogP contribution in [0.3, 0.4) is 0 Å². The highest BCUT2D eigenvalue weighted by Gasteiger charge is 2.06. The Morgan fingerprint density at radius 3 is 2.41 bits per heavy atom. The molecule has 0 aliphatic rings. The van der Waals surface area contributed by atoms with Crippen LogP contribution in [0.15, 0.2) is 0 Å². The quantitative estimate of drug-likeness (QED) is 0.378. The summed E-state index contributed by atoms with van der Waals surface area (Å²) in [7, 11) is 1.67. The molecule has 0 rings (SSSR count). The molecular formula is C13H27ClO3. The Morgan fingerprint density at radius 1 is 1.00 bits per heavy atom. The Bertz CT molecular complexity index is 145. The zero-order valence-electron chi connectivity index (χ0n) is 11.3. The minimum absolute atomic E-state index is 0.180. The van der Waals surface area contributed by atoms with Crippen LogP contribution in [0.1, 0.15) is 39.0 Å². The van der Waals surface area contributed by atoms with Crippen LogP contribution in [0.2, 0.25) is 0 Å². The maximum absolute atomic E-state index is 5.86. The average Bonchev–Trinajstić information content (AvgIpc) is 2.36. The molecule has 17 heavy (non-hydrogen) atoms. The molecule has 0 radical (unpaired) electrons. The molecule has 0 bridgehead atoms. The highest BCUT2D eigenvalue weighted by molar-refractivity contribution is 6.18. The van der Waals surface area contributed by atoms with Crippen molar-refractivity contribution < 1.29 is 14.2 Å². The number of ether oxygens (including phenoxy) is 3. The zero-order valence-corrected chi connectivity index (χ0v) is 12.0. The van der Waals surface area contributed by atoms with E-state index in [-0.39, 0.29) is 6.10 Å². The molecule has 0 saturated carbocycles. The van der Waals surface area contributed by atoms with Gasteiger partial charge in [-0.05, 0) is 6.42 Å². The average molecular weight is 267 g/mol. The third-order valence-corrected chi connectivity index (χ3v) is 2.91. The van der Waals surface area contributed by atoms with Gasteiger partial charge < -0.3 is 14.2 Å². The Balaban J connectivity index is 3.28. The second kappa shape index (κ2) is 14.2. The molecule has 0 amide bonds. The molecule has 0 N–H and O–H groups in total. The van der Waals surface area contributed by atoms with Gasteiger partial charge >= 0.3 is 0 Å². The number of methoxy groups -OCH3 is 1. The van der Waals surface area contributed by atoms with Crippen LogP contribution < -0.4 is 0 Å². The number of halogens is 1. The van der Waals surface area contributed by atoms with Gasteiger partial charge in [-0.3, -0.25) is 0 Å². The van der Waals surface area contributed by atoms with Crippen molar-refractivity contribution >= 4 is 11.6 Å². The molecule has 0 fully saturated rings. The van der Waals surface area contributed by atoms with E-state index in [1.165, 1.54) is 25.7 Å². The van der Waals surface area contributed by atoms with Gasteiger partial charge in [-0.1, -0.05) is 32.6 Å². The lowest BCUT2D eigenvalue weighted by atomic mass is 10.1. The lowest BCUT2D eigenvalue weighted by Gasteiger charge is -2.15. The number of hydrogen-bond acceptors (Lipinski definition) is 3. The summed E-state index contributed by atoms with van der Waals surface area (Å²) >= 11 is 5.86. The van der Waals surface area contributed by atoms with Crippen LogP contribution in [0.25, 0.3) is 0 Å². The van der Waals surface area contributed by atoms with Crippen molar-refractivity contribution in [1.29, 1.82) is 0 Å². The van der Waals surface area contributed by atoms with Crippen LogP contribution in [0.4, 0.5) is 0 Å². The Morgan fingerprint density at radius 2 is 1.76 bits per heavy atom. The normalized spacial score (nSPS) is 12.9. The van der Waals surface area contributed by atoms with E-state index >= 15 is 0 Å². The summed E-state index contributed by atoms with van der Waals surface area (Å²) in [4.78, 5) is 0. The molecule has 0 aliphatic heterocycles. The summed E-state index contributed by atoms with van der Waals surface area (Å²) in [5, 5.41) is 0. The van der Waals surface area contributed by atoms with Crippen LogP contribution >= 0.6 is 11.6 Å². The van der Waals surface area contributed by atoms with E-state index in [9.17, 15) is 0 Å². The van der Waals surface area contributed by atoms with E-state index in [1.54, 1.807) is 7.11 Å². The highest BCUT2D eigenvalue weighted by atomic mass is 35.5. The van der Waals surface area contributed by atoms with Crippen molar-refractivity contribution in [2.75, 3.05) is 39.4 Å². The second-order valence-corrected chi connectivity index (χ2v) is 4.41. The first-order chi connectivity index (χ1) is 8.35. The third kappa shape index (κ3) is 12.4. The molecular weight excluding hydrogens is 240 g/mol. The second-order valence-electron chi connectivity index (χ2n) is 4.10. The molecule has 3 nitrogen and oxygen atoms in total. The number of hydrogen-bond donors (Lipinski definition) is 0. The SMILES string of the molecule is CCCCCC[C@H](CCl)OCCOCCOC. The van der Waals surface area contributed by atoms with Crippen LogP contribution in [-0.4, -0.2) is 45.5 Å². The number of unbranched alkanes of at least 4 members (excludes halogenated alkanes) is 3. The number of rotatable bonds is 13. The molecule has 4 heteroatoms. The standard InChI is InChI=1S/C13H27ClO3/c1-3-4-5-6-7-13(12-14)17-11-10-16-9-8-15-2/h13H,3-12H2,1-2H3/t13-/m1/s1. The molecule has 0 aliphatic carbocycles. The van der Waals surface area contributed by atoms with Crippen molar-refractivity contribution in [2.45, 2.75) is 45.1 Å². The van der Waals surface area contributed by atoms with E-state index < -0.39 is 0 Å². The molecule has 0 unspecified atom stereocenters. The van der Waals surface area contributed by atoms with Gasteiger partial charge in [0.15, 0.2) is 0 Å². The van der Waals surface area contributed by atoms with Gasteiger partial charge in [0.25, 0.3) is 0 Å². The van der Waals surface area contributed by atoms with Gasteiger partial charge in [-0.25, -0.2) is 0 Å². The summed E-state index contributed by atoms with van der Waals surface area (Å²) < 4.78 is 15.9. The molecule has 104 valence electrons. The van der Waals surface area contributed by atoms with Gasteiger partial charge in [-0.15, -0.1) is 11.6 Å². The molecule has 1 atom stereocenters. The van der Waals surface area contributed by atoms with Crippen LogP contribution in [-0.2, 0) is 14.2 Å². The Kier molecular flexibility index (Phi) is 14.4. The van der Waals surface area contributed by atoms with Crippen molar-refractivity contribution in [1.82, 2.24) is 0 Å². The zero-order chi connectivity index (χ0) is 12.8. The maximum atomic E-state index is 5.86. The molecule has 0 aromatic carbocycles. The van der Waals surface area contributed by atoms with Gasteiger partial charge in [0, 0.05) is 13.0 Å². The summed E-state index contributed by atoms with van der Waals surface area (Å²) in [6, 6.07) is 0. The monoisotopic (exact) mass is 266 g/mol. The summed E-state index contributed by atoms with van der Waals surface area (Å²) in [5.74, 6) is 0.574. The topological polar surface area (TPSA) is 27.7 Å². The van der Waals surface area contributed by atoms with Crippen molar-refractivity contribution in [3.8, 4) is 0 Å². The lowest BCUT2D eigenvalue weighted by molar-refractivity contribution is -0.00226. The highest BCUT2D eigenvalue weighted by Crippen LogP contribution is 2.09.